The van der Waals surface area contributed by atoms with Crippen molar-refractivity contribution in [3.63, 3.8) is 0 Å². The van der Waals surface area contributed by atoms with Crippen LogP contribution < -0.4 is 4.72 Å². The third kappa shape index (κ3) is 5.72. The Morgan fingerprint density at radius 3 is 2.69 bits per heavy atom. The third-order valence-corrected chi connectivity index (χ3v) is 7.38. The van der Waals surface area contributed by atoms with Crippen molar-refractivity contribution in [2.75, 3.05) is 19.7 Å². The monoisotopic (exact) mass is 442 g/mol. The van der Waals surface area contributed by atoms with Crippen molar-refractivity contribution >= 4 is 27.5 Å². The molecule has 1 N–H and O–H groups in total. The second-order valence-electron chi connectivity index (χ2n) is 9.19. The normalized spacial score (nSPS) is 23.0. The van der Waals surface area contributed by atoms with Gasteiger partial charge in [0.15, 0.2) is 0 Å². The zero-order valence-electron chi connectivity index (χ0n) is 17.4. The molecule has 0 radical (unpaired) electrons. The molecule has 0 bridgehead atoms. The zero-order chi connectivity index (χ0) is 21.2. The topological polar surface area (TPSA) is 75.7 Å². The summed E-state index contributed by atoms with van der Waals surface area (Å²) in [6, 6.07) is 4.67. The smallest absolute Gasteiger partial charge is 0.254 e. The van der Waals surface area contributed by atoms with Gasteiger partial charge in [-0.25, -0.2) is 13.1 Å². The number of carbonyl (C=O) groups excluding carboxylic acids is 1. The molecule has 162 valence electrons. The van der Waals surface area contributed by atoms with Crippen LogP contribution in [0.1, 0.15) is 63.2 Å². The van der Waals surface area contributed by atoms with Gasteiger partial charge in [-0.3, -0.25) is 4.79 Å². The maximum absolute atomic E-state index is 13.1. The fourth-order valence-corrected chi connectivity index (χ4v) is 5.71. The molecule has 6 nitrogen and oxygen atoms in total. The minimum atomic E-state index is -3.83. The van der Waals surface area contributed by atoms with Gasteiger partial charge in [0.05, 0.1) is 11.1 Å². The number of nitrogens with zero attached hydrogens (tertiary/aromatic N) is 1. The molecule has 2 saturated heterocycles. The minimum Gasteiger partial charge on any atom is -0.377 e. The maximum Gasteiger partial charge on any atom is 0.254 e. The molecule has 2 aliphatic rings. The Kier molecular flexibility index (Phi) is 6.93. The van der Waals surface area contributed by atoms with Crippen molar-refractivity contribution in [3.05, 3.63) is 28.8 Å². The van der Waals surface area contributed by atoms with E-state index < -0.39 is 10.0 Å². The van der Waals surface area contributed by atoms with Crippen molar-refractivity contribution in [2.45, 2.75) is 69.9 Å². The Balaban J connectivity index is 1.78. The number of ether oxygens (including phenoxy) is 1. The van der Waals surface area contributed by atoms with E-state index in [1.165, 1.54) is 12.1 Å². The van der Waals surface area contributed by atoms with Gasteiger partial charge < -0.3 is 9.64 Å². The number of amides is 1. The van der Waals surface area contributed by atoms with E-state index >= 15 is 0 Å². The lowest BCUT2D eigenvalue weighted by Crippen LogP contribution is -2.38. The van der Waals surface area contributed by atoms with Crippen LogP contribution in [0.5, 0.6) is 0 Å². The summed E-state index contributed by atoms with van der Waals surface area (Å²) in [4.78, 5) is 15.0. The highest BCUT2D eigenvalue weighted by Gasteiger charge is 2.33. The third-order valence-electron chi connectivity index (χ3n) is 5.48. The molecule has 2 fully saturated rings. The van der Waals surface area contributed by atoms with Crippen molar-refractivity contribution in [1.29, 1.82) is 0 Å². The van der Waals surface area contributed by atoms with E-state index in [4.69, 9.17) is 16.3 Å². The predicted molar refractivity (Wildman–Crippen MR) is 114 cm³/mol. The molecule has 1 aromatic rings. The number of nitrogens with one attached hydrogen (secondary N) is 1. The number of likely N-dealkylation sites (tertiary alicyclic amines) is 1. The van der Waals surface area contributed by atoms with Crippen LogP contribution in [0.3, 0.4) is 0 Å². The van der Waals surface area contributed by atoms with E-state index in [1.54, 1.807) is 6.07 Å². The minimum absolute atomic E-state index is 0.0606. The summed E-state index contributed by atoms with van der Waals surface area (Å²) in [6.45, 7) is 8.06. The second kappa shape index (κ2) is 8.92. The first-order valence-corrected chi connectivity index (χ1v) is 12.1. The average Bonchev–Trinajstić information content (AvgIpc) is 3.30. The van der Waals surface area contributed by atoms with Gasteiger partial charge in [-0.1, -0.05) is 32.4 Å². The van der Waals surface area contributed by atoms with Gasteiger partial charge >= 0.3 is 0 Å². The first-order chi connectivity index (χ1) is 13.6. The van der Waals surface area contributed by atoms with E-state index in [1.807, 2.05) is 4.90 Å². The molecule has 0 saturated carbocycles. The van der Waals surface area contributed by atoms with Crippen molar-refractivity contribution in [2.24, 2.45) is 5.41 Å². The highest BCUT2D eigenvalue weighted by atomic mass is 35.5. The largest absolute Gasteiger partial charge is 0.377 e. The summed E-state index contributed by atoms with van der Waals surface area (Å²) in [5, 5.41) is 0.106. The standard InChI is InChI=1S/C21H31ClN2O4S/c1-21(2,3)13-16-6-4-10-24(16)20(25)15-8-9-18(22)19(12-15)29(26,27)23-14-17-7-5-11-28-17/h8-9,12,16-17,23H,4-7,10-11,13-14H2,1-3H3. The van der Waals surface area contributed by atoms with Crippen LogP contribution in [-0.2, 0) is 14.8 Å². The Morgan fingerprint density at radius 2 is 2.03 bits per heavy atom. The van der Waals surface area contributed by atoms with E-state index in [-0.39, 0.29) is 39.9 Å². The first-order valence-electron chi connectivity index (χ1n) is 10.3. The van der Waals surface area contributed by atoms with Gasteiger partial charge in [0, 0.05) is 31.3 Å². The molecule has 1 amide bonds. The lowest BCUT2D eigenvalue weighted by atomic mass is 9.87. The molecule has 2 atom stereocenters. The molecular formula is C21H31ClN2O4S. The highest BCUT2D eigenvalue weighted by Crippen LogP contribution is 2.32. The summed E-state index contributed by atoms with van der Waals surface area (Å²) in [5.74, 6) is -0.135. The van der Waals surface area contributed by atoms with Gasteiger partial charge in [0.1, 0.15) is 4.90 Å². The van der Waals surface area contributed by atoms with E-state index in [0.29, 0.717) is 18.7 Å². The van der Waals surface area contributed by atoms with Crippen LogP contribution in [-0.4, -0.2) is 51.1 Å². The maximum atomic E-state index is 13.1. The second-order valence-corrected chi connectivity index (χ2v) is 11.3. The fourth-order valence-electron chi connectivity index (χ4n) is 4.12. The van der Waals surface area contributed by atoms with Gasteiger partial charge in [0.25, 0.3) is 5.91 Å². The zero-order valence-corrected chi connectivity index (χ0v) is 19.0. The SMILES string of the molecule is CC(C)(C)CC1CCCN1C(=O)c1ccc(Cl)c(S(=O)(=O)NCC2CCCO2)c1. The summed E-state index contributed by atoms with van der Waals surface area (Å²) in [6.07, 6.45) is 4.51. The summed E-state index contributed by atoms with van der Waals surface area (Å²) >= 11 is 6.18. The van der Waals surface area contributed by atoms with Crippen molar-refractivity contribution in [1.82, 2.24) is 9.62 Å². The van der Waals surface area contributed by atoms with Crippen LogP contribution >= 0.6 is 11.6 Å². The number of sulfonamides is 1. The Labute approximate surface area is 179 Å². The number of hydrogen-bond acceptors (Lipinski definition) is 4. The number of halogens is 1. The highest BCUT2D eigenvalue weighted by molar-refractivity contribution is 7.89. The molecule has 29 heavy (non-hydrogen) atoms. The van der Waals surface area contributed by atoms with Crippen LogP contribution in [0.4, 0.5) is 0 Å². The lowest BCUT2D eigenvalue weighted by molar-refractivity contribution is 0.0704. The van der Waals surface area contributed by atoms with E-state index in [0.717, 1.165) is 32.1 Å². The number of benzene rings is 1. The van der Waals surface area contributed by atoms with Crippen LogP contribution in [0.2, 0.25) is 5.02 Å². The van der Waals surface area contributed by atoms with Gasteiger partial charge in [-0.15, -0.1) is 0 Å². The Morgan fingerprint density at radius 1 is 1.28 bits per heavy atom. The molecule has 2 unspecified atom stereocenters. The lowest BCUT2D eigenvalue weighted by Gasteiger charge is -2.30. The van der Waals surface area contributed by atoms with E-state index in [2.05, 4.69) is 25.5 Å². The molecule has 0 spiro atoms. The molecule has 0 aliphatic carbocycles. The van der Waals surface area contributed by atoms with Crippen LogP contribution in [0.15, 0.2) is 23.1 Å². The number of rotatable bonds is 6. The van der Waals surface area contributed by atoms with Gasteiger partial charge in [-0.05, 0) is 55.7 Å². The van der Waals surface area contributed by atoms with Gasteiger partial charge in [0.2, 0.25) is 10.0 Å². The van der Waals surface area contributed by atoms with Crippen LogP contribution in [0, 0.1) is 5.41 Å². The van der Waals surface area contributed by atoms with Crippen molar-refractivity contribution in [3.8, 4) is 0 Å². The summed E-state index contributed by atoms with van der Waals surface area (Å²) in [7, 11) is -3.83. The fraction of sp³-hybridized carbons (Fsp3) is 0.667. The molecule has 3 rings (SSSR count). The number of hydrogen-bond donors (Lipinski definition) is 1. The quantitative estimate of drug-likeness (QED) is 0.726. The summed E-state index contributed by atoms with van der Waals surface area (Å²) in [5.41, 5.74) is 0.474. The molecule has 1 aromatic carbocycles. The first kappa shape index (κ1) is 22.5. The average molecular weight is 443 g/mol. The Bertz CT molecular complexity index is 845. The molecule has 8 heteroatoms. The Hall–Kier alpha value is -1.15. The molecular weight excluding hydrogens is 412 g/mol. The van der Waals surface area contributed by atoms with Crippen molar-refractivity contribution < 1.29 is 17.9 Å². The van der Waals surface area contributed by atoms with E-state index in [9.17, 15) is 13.2 Å². The molecule has 2 aliphatic heterocycles. The van der Waals surface area contributed by atoms with Gasteiger partial charge in [-0.2, -0.15) is 0 Å². The molecule has 2 heterocycles. The summed E-state index contributed by atoms with van der Waals surface area (Å²) < 4.78 is 33.6. The predicted octanol–water partition coefficient (Wildman–Crippen LogP) is 3.84. The number of carbonyl (C=O) groups is 1. The van der Waals surface area contributed by atoms with Crippen LogP contribution in [0.25, 0.3) is 0 Å². The molecule has 0 aromatic heterocycles.